The Morgan fingerprint density at radius 1 is 1.04 bits per heavy atom. The van der Waals surface area contributed by atoms with Crippen molar-refractivity contribution in [3.8, 4) is 0 Å². The van der Waals surface area contributed by atoms with Gasteiger partial charge < -0.3 is 10.6 Å². The molecular weight excluding hydrogens is 348 g/mol. The van der Waals surface area contributed by atoms with Crippen molar-refractivity contribution in [1.82, 2.24) is 20.2 Å². The third-order valence-corrected chi connectivity index (χ3v) is 4.85. The Morgan fingerprint density at radius 3 is 2.46 bits per heavy atom. The summed E-state index contributed by atoms with van der Waals surface area (Å²) >= 11 is 1.36. The Bertz CT molecular complexity index is 876. The van der Waals surface area contributed by atoms with E-state index in [2.05, 4.69) is 26.2 Å². The van der Waals surface area contributed by atoms with Crippen molar-refractivity contribution in [3.05, 3.63) is 54.6 Å². The van der Waals surface area contributed by atoms with Gasteiger partial charge in [-0.3, -0.25) is 4.79 Å². The largest absolute Gasteiger partial charge is 0.356 e. The quantitative estimate of drug-likeness (QED) is 0.623. The van der Waals surface area contributed by atoms with Crippen LogP contribution >= 0.6 is 11.8 Å². The van der Waals surface area contributed by atoms with Crippen molar-refractivity contribution in [3.63, 3.8) is 0 Å². The smallest absolute Gasteiger partial charge is 0.234 e. The molecule has 0 unspecified atom stereocenters. The highest BCUT2D eigenvalue weighted by molar-refractivity contribution is 7.99. The van der Waals surface area contributed by atoms with Crippen LogP contribution in [-0.4, -0.2) is 31.9 Å². The van der Waals surface area contributed by atoms with E-state index in [-0.39, 0.29) is 11.7 Å². The third-order valence-electron chi connectivity index (χ3n) is 3.92. The van der Waals surface area contributed by atoms with E-state index in [1.807, 2.05) is 59.3 Å². The van der Waals surface area contributed by atoms with Crippen LogP contribution in [0.5, 0.6) is 0 Å². The number of carbonyl (C=O) groups is 1. The van der Waals surface area contributed by atoms with Crippen LogP contribution in [-0.2, 0) is 4.79 Å². The van der Waals surface area contributed by atoms with E-state index >= 15 is 0 Å². The molecule has 1 saturated carbocycles. The van der Waals surface area contributed by atoms with Crippen molar-refractivity contribution >= 4 is 34.7 Å². The van der Waals surface area contributed by atoms with Gasteiger partial charge in [-0.05, 0) is 59.7 Å². The minimum Gasteiger partial charge on any atom is -0.356 e. The maximum atomic E-state index is 12.2. The maximum Gasteiger partial charge on any atom is 0.234 e. The van der Waals surface area contributed by atoms with E-state index in [1.165, 1.54) is 11.8 Å². The normalized spacial score (nSPS) is 13.4. The van der Waals surface area contributed by atoms with Gasteiger partial charge in [-0.2, -0.15) is 0 Å². The SMILES string of the molecule is O=C(CSc1nnnn1C1CC1)Nc1ccc(Nc2ccccc2)cc1. The van der Waals surface area contributed by atoms with E-state index in [9.17, 15) is 4.79 Å². The lowest BCUT2D eigenvalue weighted by atomic mass is 10.2. The molecule has 4 rings (SSSR count). The first-order chi connectivity index (χ1) is 12.8. The minimum atomic E-state index is -0.0795. The summed E-state index contributed by atoms with van der Waals surface area (Å²) < 4.78 is 1.81. The number of nitrogens with one attached hydrogen (secondary N) is 2. The third kappa shape index (κ3) is 4.20. The predicted octanol–water partition coefficient (Wildman–Crippen LogP) is 3.48. The molecule has 3 aromatic rings. The summed E-state index contributed by atoms with van der Waals surface area (Å²) in [6.45, 7) is 0. The highest BCUT2D eigenvalue weighted by atomic mass is 32.2. The van der Waals surface area contributed by atoms with E-state index < -0.39 is 0 Å². The van der Waals surface area contributed by atoms with Crippen LogP contribution in [0, 0.1) is 0 Å². The van der Waals surface area contributed by atoms with Gasteiger partial charge in [-0.15, -0.1) is 5.10 Å². The van der Waals surface area contributed by atoms with Gasteiger partial charge in [0, 0.05) is 17.1 Å². The molecule has 1 aliphatic rings. The zero-order chi connectivity index (χ0) is 17.8. The molecule has 0 atom stereocenters. The number of aromatic nitrogens is 4. The molecule has 1 fully saturated rings. The van der Waals surface area contributed by atoms with Crippen molar-refractivity contribution in [2.24, 2.45) is 0 Å². The predicted molar refractivity (Wildman–Crippen MR) is 102 cm³/mol. The molecule has 2 N–H and O–H groups in total. The van der Waals surface area contributed by atoms with E-state index in [1.54, 1.807) is 0 Å². The lowest BCUT2D eigenvalue weighted by Gasteiger charge is -2.08. The number of tetrazole rings is 1. The zero-order valence-corrected chi connectivity index (χ0v) is 14.8. The highest BCUT2D eigenvalue weighted by Crippen LogP contribution is 2.36. The van der Waals surface area contributed by atoms with Crippen LogP contribution in [0.25, 0.3) is 0 Å². The van der Waals surface area contributed by atoms with Crippen LogP contribution in [0.4, 0.5) is 17.1 Å². The first kappa shape index (κ1) is 16.6. The molecule has 1 amide bonds. The first-order valence-corrected chi connectivity index (χ1v) is 9.39. The molecule has 0 bridgehead atoms. The topological polar surface area (TPSA) is 84.7 Å². The summed E-state index contributed by atoms with van der Waals surface area (Å²) in [5.41, 5.74) is 2.75. The summed E-state index contributed by atoms with van der Waals surface area (Å²) in [5.74, 6) is 0.195. The van der Waals surface area contributed by atoms with Crippen molar-refractivity contribution in [2.75, 3.05) is 16.4 Å². The van der Waals surface area contributed by atoms with Gasteiger partial charge in [0.05, 0.1) is 11.8 Å². The molecule has 0 spiro atoms. The number of rotatable bonds is 7. The van der Waals surface area contributed by atoms with Crippen LogP contribution in [0.2, 0.25) is 0 Å². The maximum absolute atomic E-state index is 12.2. The molecule has 1 aromatic heterocycles. The fourth-order valence-electron chi connectivity index (χ4n) is 2.48. The number of hydrogen-bond donors (Lipinski definition) is 2. The average molecular weight is 366 g/mol. The van der Waals surface area contributed by atoms with E-state index in [0.717, 1.165) is 29.9 Å². The van der Waals surface area contributed by atoms with Gasteiger partial charge >= 0.3 is 0 Å². The molecular formula is C18H18N6OS. The summed E-state index contributed by atoms with van der Waals surface area (Å²) in [7, 11) is 0. The van der Waals surface area contributed by atoms with Gasteiger partial charge in [0.1, 0.15) is 0 Å². The number of amides is 1. The van der Waals surface area contributed by atoms with Gasteiger partial charge in [0.15, 0.2) is 0 Å². The second kappa shape index (κ2) is 7.57. The number of carbonyl (C=O) groups excluding carboxylic acids is 1. The van der Waals surface area contributed by atoms with Crippen molar-refractivity contribution in [2.45, 2.75) is 24.0 Å². The molecule has 0 radical (unpaired) electrons. The molecule has 132 valence electrons. The Hall–Kier alpha value is -2.87. The fraction of sp³-hybridized carbons (Fsp3) is 0.222. The van der Waals surface area contributed by atoms with Gasteiger partial charge in [0.2, 0.25) is 11.1 Å². The van der Waals surface area contributed by atoms with E-state index in [4.69, 9.17) is 0 Å². The van der Waals surface area contributed by atoms with Crippen molar-refractivity contribution < 1.29 is 4.79 Å². The molecule has 1 aliphatic carbocycles. The minimum absolute atomic E-state index is 0.0795. The second-order valence-electron chi connectivity index (χ2n) is 6.04. The Morgan fingerprint density at radius 2 is 1.73 bits per heavy atom. The van der Waals surface area contributed by atoms with Crippen LogP contribution in [0.3, 0.4) is 0 Å². The molecule has 1 heterocycles. The molecule has 0 aliphatic heterocycles. The number of hydrogen-bond acceptors (Lipinski definition) is 6. The van der Waals surface area contributed by atoms with Crippen LogP contribution in [0.1, 0.15) is 18.9 Å². The number of anilines is 3. The van der Waals surface area contributed by atoms with Gasteiger partial charge in [-0.1, -0.05) is 30.0 Å². The molecule has 7 nitrogen and oxygen atoms in total. The highest BCUT2D eigenvalue weighted by Gasteiger charge is 2.28. The Kier molecular flexibility index (Phi) is 4.83. The number of para-hydroxylation sites is 1. The zero-order valence-electron chi connectivity index (χ0n) is 14.0. The molecule has 0 saturated heterocycles. The summed E-state index contributed by atoms with van der Waals surface area (Å²) in [5, 5.41) is 18.6. The Balaban J connectivity index is 1.29. The monoisotopic (exact) mass is 366 g/mol. The second-order valence-corrected chi connectivity index (χ2v) is 6.98. The average Bonchev–Trinajstić information content (AvgIpc) is 3.40. The van der Waals surface area contributed by atoms with Gasteiger partial charge in [-0.25, -0.2) is 4.68 Å². The number of nitrogens with zero attached hydrogens (tertiary/aromatic N) is 4. The number of benzene rings is 2. The standard InChI is InChI=1S/C18H18N6OS/c25-17(12-26-18-21-22-23-24(18)16-10-11-16)20-15-8-6-14(7-9-15)19-13-4-2-1-3-5-13/h1-9,16,19H,10-12H2,(H,20,25). The van der Waals surface area contributed by atoms with Gasteiger partial charge in [0.25, 0.3) is 0 Å². The van der Waals surface area contributed by atoms with Crippen molar-refractivity contribution in [1.29, 1.82) is 0 Å². The fourth-order valence-corrected chi connectivity index (χ4v) is 3.23. The summed E-state index contributed by atoms with van der Waals surface area (Å²) in [6.07, 6.45) is 2.21. The molecule has 2 aromatic carbocycles. The lowest BCUT2D eigenvalue weighted by Crippen LogP contribution is -2.14. The molecule has 26 heavy (non-hydrogen) atoms. The molecule has 8 heteroatoms. The number of thioether (sulfide) groups is 1. The first-order valence-electron chi connectivity index (χ1n) is 8.40. The Labute approximate surface area is 155 Å². The lowest BCUT2D eigenvalue weighted by molar-refractivity contribution is -0.113. The van der Waals surface area contributed by atoms with Crippen LogP contribution in [0.15, 0.2) is 59.8 Å². The van der Waals surface area contributed by atoms with E-state index in [0.29, 0.717) is 11.2 Å². The summed E-state index contributed by atoms with van der Waals surface area (Å²) in [6, 6.07) is 18.0. The summed E-state index contributed by atoms with van der Waals surface area (Å²) in [4.78, 5) is 12.2. The van der Waals surface area contributed by atoms with Crippen LogP contribution < -0.4 is 10.6 Å².